The summed E-state index contributed by atoms with van der Waals surface area (Å²) in [6, 6.07) is 19.2. The Morgan fingerprint density at radius 2 is 1.74 bits per heavy atom. The van der Waals surface area contributed by atoms with Gasteiger partial charge in [-0.15, -0.1) is 5.73 Å². The van der Waals surface area contributed by atoms with Crippen molar-refractivity contribution in [2.24, 2.45) is 7.05 Å². The Kier molecular flexibility index (Phi) is 3.42. The second-order valence-electron chi connectivity index (χ2n) is 5.81. The van der Waals surface area contributed by atoms with Crippen molar-refractivity contribution in [3.8, 4) is 11.1 Å². The largest absolute Gasteiger partial charge is 0.212 e. The molecule has 0 spiro atoms. The smallest absolute Gasteiger partial charge is 0.200 e. The zero-order chi connectivity index (χ0) is 15.6. The number of benzene rings is 2. The van der Waals surface area contributed by atoms with Gasteiger partial charge >= 0.3 is 0 Å². The molecule has 0 radical (unpaired) electrons. The lowest BCUT2D eigenvalue weighted by atomic mass is 9.91. The minimum absolute atomic E-state index is 0.962. The Hall–Kier alpha value is -2.89. The molecule has 0 atom stereocenters. The van der Waals surface area contributed by atoms with Crippen LogP contribution in [0.25, 0.3) is 27.6 Å². The highest BCUT2D eigenvalue weighted by Gasteiger charge is 2.19. The summed E-state index contributed by atoms with van der Waals surface area (Å²) in [4.78, 5) is 0. The van der Waals surface area contributed by atoms with E-state index in [0.29, 0.717) is 0 Å². The summed E-state index contributed by atoms with van der Waals surface area (Å²) in [5, 5.41) is 1.27. The number of allylic oxidation sites excluding steroid dienone is 3. The Morgan fingerprint density at radius 1 is 0.957 bits per heavy atom. The molecular weight excluding hydrogens is 278 g/mol. The fourth-order valence-electron chi connectivity index (χ4n) is 3.22. The number of para-hydroxylation sites is 1. The van der Waals surface area contributed by atoms with Crippen LogP contribution in [-0.2, 0) is 7.05 Å². The molecule has 2 aromatic carbocycles. The van der Waals surface area contributed by atoms with Crippen molar-refractivity contribution in [1.29, 1.82) is 0 Å². The summed E-state index contributed by atoms with van der Waals surface area (Å²) in [7, 11) is 2.11. The third-order valence-electron chi connectivity index (χ3n) is 4.29. The number of aryl methyl sites for hydroxylation is 1. The Morgan fingerprint density at radius 3 is 2.52 bits per heavy atom. The van der Waals surface area contributed by atoms with Crippen LogP contribution in [0.2, 0.25) is 0 Å². The topological polar surface area (TPSA) is 3.88 Å². The van der Waals surface area contributed by atoms with Crippen LogP contribution in [0, 0.1) is 0 Å². The summed E-state index contributed by atoms with van der Waals surface area (Å²) >= 11 is 0. The third-order valence-corrected chi connectivity index (χ3v) is 4.29. The molecule has 0 bridgehead atoms. The zero-order valence-electron chi connectivity index (χ0n) is 13.2. The van der Waals surface area contributed by atoms with Gasteiger partial charge in [0.05, 0.1) is 10.9 Å². The molecule has 0 saturated heterocycles. The number of rotatable bonds is 2. The van der Waals surface area contributed by atoms with Gasteiger partial charge in [0.2, 0.25) is 5.52 Å². The van der Waals surface area contributed by atoms with E-state index in [1.54, 1.807) is 0 Å². The first-order valence-corrected chi connectivity index (χ1v) is 7.93. The van der Waals surface area contributed by atoms with Crippen LogP contribution in [0.4, 0.5) is 0 Å². The fourth-order valence-corrected chi connectivity index (χ4v) is 3.22. The van der Waals surface area contributed by atoms with Gasteiger partial charge in [-0.2, -0.15) is 0 Å². The lowest BCUT2D eigenvalue weighted by molar-refractivity contribution is -0.644. The molecule has 1 nitrogen and oxygen atoms in total. The molecule has 1 heterocycles. The van der Waals surface area contributed by atoms with Crippen molar-refractivity contribution < 1.29 is 4.57 Å². The molecule has 1 heteroatoms. The van der Waals surface area contributed by atoms with Gasteiger partial charge in [-0.1, -0.05) is 48.5 Å². The number of hydrogen-bond acceptors (Lipinski definition) is 0. The first kappa shape index (κ1) is 13.8. The monoisotopic (exact) mass is 296 g/mol. The highest BCUT2D eigenvalue weighted by molar-refractivity contribution is 5.99. The summed E-state index contributed by atoms with van der Waals surface area (Å²) in [5.74, 6) is 0. The van der Waals surface area contributed by atoms with E-state index in [0.717, 1.165) is 12.0 Å². The summed E-state index contributed by atoms with van der Waals surface area (Å²) in [5.41, 5.74) is 9.56. The van der Waals surface area contributed by atoms with Crippen molar-refractivity contribution in [3.05, 3.63) is 90.3 Å². The van der Waals surface area contributed by atoms with Crippen molar-refractivity contribution in [2.45, 2.75) is 6.42 Å². The molecule has 0 fully saturated rings. The standard InChI is InChI=1S/C22H18N/c1-23-16-20(17-10-4-2-5-11-17)22(18-12-6-3-7-13-18)19-14-8-9-15-21(19)23/h3-10,12-16H,2H2,1H3/q+1. The Bertz CT molecular complexity index is 972. The molecule has 0 amide bonds. The fraction of sp³-hybridized carbons (Fsp3) is 0.0909. The molecule has 0 N–H and O–H groups in total. The maximum atomic E-state index is 3.43. The Balaban J connectivity index is 2.14. The molecule has 1 aliphatic carbocycles. The molecule has 23 heavy (non-hydrogen) atoms. The third kappa shape index (κ3) is 2.42. The van der Waals surface area contributed by atoms with Crippen LogP contribution in [0.5, 0.6) is 0 Å². The van der Waals surface area contributed by atoms with Gasteiger partial charge in [0, 0.05) is 17.2 Å². The van der Waals surface area contributed by atoms with E-state index >= 15 is 0 Å². The number of fused-ring (bicyclic) bond motifs is 1. The normalized spacial score (nSPS) is 13.3. The zero-order valence-corrected chi connectivity index (χ0v) is 13.2. The van der Waals surface area contributed by atoms with Crippen molar-refractivity contribution >= 4 is 16.5 Å². The van der Waals surface area contributed by atoms with Gasteiger partial charge < -0.3 is 0 Å². The lowest BCUT2D eigenvalue weighted by Gasteiger charge is -2.12. The minimum Gasteiger partial charge on any atom is -0.200 e. The molecule has 0 unspecified atom stereocenters. The van der Waals surface area contributed by atoms with Crippen molar-refractivity contribution in [1.82, 2.24) is 0 Å². The van der Waals surface area contributed by atoms with E-state index < -0.39 is 0 Å². The molecular formula is C22H18N+. The van der Waals surface area contributed by atoms with Crippen LogP contribution in [-0.4, -0.2) is 0 Å². The van der Waals surface area contributed by atoms with Crippen molar-refractivity contribution in [2.75, 3.05) is 0 Å². The minimum atomic E-state index is 0.962. The van der Waals surface area contributed by atoms with Gasteiger partial charge in [-0.3, -0.25) is 0 Å². The molecule has 0 aliphatic heterocycles. The lowest BCUT2D eigenvalue weighted by Crippen LogP contribution is -2.29. The number of hydrogen-bond donors (Lipinski definition) is 0. The molecule has 1 aliphatic rings. The average Bonchev–Trinajstić information content (AvgIpc) is 2.63. The second-order valence-corrected chi connectivity index (χ2v) is 5.81. The van der Waals surface area contributed by atoms with Gasteiger partial charge in [0.1, 0.15) is 7.05 Å². The molecule has 3 aromatic rings. The number of pyridine rings is 1. The van der Waals surface area contributed by atoms with Crippen LogP contribution in [0.1, 0.15) is 12.0 Å². The Labute approximate surface area is 136 Å². The molecule has 1 aromatic heterocycles. The van der Waals surface area contributed by atoms with Crippen LogP contribution in [0.3, 0.4) is 0 Å². The first-order valence-electron chi connectivity index (χ1n) is 7.93. The summed E-state index contributed by atoms with van der Waals surface area (Å²) in [6.45, 7) is 0. The molecule has 0 saturated carbocycles. The molecule has 110 valence electrons. The highest BCUT2D eigenvalue weighted by atomic mass is 14.9. The quantitative estimate of drug-likeness (QED) is 0.471. The van der Waals surface area contributed by atoms with E-state index in [2.05, 4.69) is 96.4 Å². The van der Waals surface area contributed by atoms with Gasteiger partial charge in [0.15, 0.2) is 6.20 Å². The predicted octanol–water partition coefficient (Wildman–Crippen LogP) is 4.83. The van der Waals surface area contributed by atoms with Crippen LogP contribution >= 0.6 is 0 Å². The summed E-state index contributed by atoms with van der Waals surface area (Å²) < 4.78 is 2.20. The van der Waals surface area contributed by atoms with Gasteiger partial charge in [-0.25, -0.2) is 4.57 Å². The number of nitrogens with zero attached hydrogens (tertiary/aromatic N) is 1. The summed E-state index contributed by atoms with van der Waals surface area (Å²) in [6.07, 6.45) is 9.64. The van der Waals surface area contributed by atoms with E-state index in [4.69, 9.17) is 0 Å². The van der Waals surface area contributed by atoms with E-state index in [1.807, 2.05) is 0 Å². The van der Waals surface area contributed by atoms with Gasteiger partial charge in [0.25, 0.3) is 0 Å². The highest BCUT2D eigenvalue weighted by Crippen LogP contribution is 2.34. The van der Waals surface area contributed by atoms with Crippen LogP contribution in [0.15, 0.2) is 84.8 Å². The number of aromatic nitrogens is 1. The first-order chi connectivity index (χ1) is 11.3. The van der Waals surface area contributed by atoms with E-state index in [9.17, 15) is 0 Å². The maximum Gasteiger partial charge on any atom is 0.212 e. The SMILES string of the molecule is C[n+]1cc(C2=C=CCC=C2)c(-c2ccccc2)c2ccccc21. The average molecular weight is 296 g/mol. The predicted molar refractivity (Wildman–Crippen MR) is 95.8 cm³/mol. The second kappa shape index (κ2) is 5.72. The van der Waals surface area contributed by atoms with Gasteiger partial charge in [-0.05, 0) is 30.2 Å². The van der Waals surface area contributed by atoms with E-state index in [1.165, 1.54) is 27.6 Å². The van der Waals surface area contributed by atoms with Crippen LogP contribution < -0.4 is 4.57 Å². The van der Waals surface area contributed by atoms with Crippen molar-refractivity contribution in [3.63, 3.8) is 0 Å². The van der Waals surface area contributed by atoms with E-state index in [-0.39, 0.29) is 0 Å². The maximum absolute atomic E-state index is 3.43. The molecule has 4 rings (SSSR count).